The molecule has 1 aromatic carbocycles. The number of aromatic hydroxyl groups is 1. The van der Waals surface area contributed by atoms with Crippen LogP contribution in [0.1, 0.15) is 46.6 Å². The Morgan fingerprint density at radius 2 is 1.40 bits per heavy atom. The molecule has 11 nitrogen and oxygen atoms in total. The van der Waals surface area contributed by atoms with Crippen molar-refractivity contribution in [1.29, 1.82) is 0 Å². The van der Waals surface area contributed by atoms with E-state index in [4.69, 9.17) is 5.73 Å². The summed E-state index contributed by atoms with van der Waals surface area (Å²) in [7, 11) is 0. The number of nitrogens with one attached hydrogen (secondary N) is 3. The van der Waals surface area contributed by atoms with Gasteiger partial charge in [-0.2, -0.15) is 0 Å². The van der Waals surface area contributed by atoms with Crippen molar-refractivity contribution < 1.29 is 34.5 Å². The summed E-state index contributed by atoms with van der Waals surface area (Å²) in [6.07, 6.45) is -0.629. The number of phenols is 1. The Bertz CT molecular complexity index is 873. The van der Waals surface area contributed by atoms with Crippen LogP contribution >= 0.6 is 0 Å². The second-order valence-corrected chi connectivity index (χ2v) is 9.14. The maximum absolute atomic E-state index is 13.1. The fourth-order valence-electron chi connectivity index (χ4n) is 3.28. The van der Waals surface area contributed by atoms with Crippen LogP contribution in [-0.4, -0.2) is 69.3 Å². The predicted octanol–water partition coefficient (Wildman–Crippen LogP) is -0.116. The Balaban J connectivity index is 3.02. The molecule has 8 N–H and O–H groups in total. The fraction of sp³-hybridized carbons (Fsp3) is 0.583. The van der Waals surface area contributed by atoms with Gasteiger partial charge in [0.2, 0.25) is 17.7 Å². The van der Waals surface area contributed by atoms with Gasteiger partial charge in [0.15, 0.2) is 0 Å². The van der Waals surface area contributed by atoms with Crippen molar-refractivity contribution in [3.8, 4) is 5.75 Å². The zero-order valence-electron chi connectivity index (χ0n) is 20.8. The van der Waals surface area contributed by atoms with Crippen molar-refractivity contribution in [3.05, 3.63) is 29.8 Å². The van der Waals surface area contributed by atoms with Crippen LogP contribution in [0.5, 0.6) is 5.75 Å². The monoisotopic (exact) mass is 494 g/mol. The third-order valence-corrected chi connectivity index (χ3v) is 5.85. The number of aliphatic hydroxyl groups is 1. The Morgan fingerprint density at radius 1 is 0.886 bits per heavy atom. The van der Waals surface area contributed by atoms with Gasteiger partial charge in [-0.25, -0.2) is 4.79 Å². The van der Waals surface area contributed by atoms with Crippen molar-refractivity contribution in [3.63, 3.8) is 0 Å². The van der Waals surface area contributed by atoms with E-state index in [-0.39, 0.29) is 24.0 Å². The molecule has 35 heavy (non-hydrogen) atoms. The second-order valence-electron chi connectivity index (χ2n) is 9.14. The normalized spacial score (nSPS) is 16.3. The maximum Gasteiger partial charge on any atom is 0.326 e. The highest BCUT2D eigenvalue weighted by Crippen LogP contribution is 2.14. The molecule has 6 atom stereocenters. The molecule has 0 fully saturated rings. The van der Waals surface area contributed by atoms with Crippen molar-refractivity contribution >= 4 is 23.7 Å². The third kappa shape index (κ3) is 9.18. The van der Waals surface area contributed by atoms with E-state index in [1.54, 1.807) is 32.9 Å². The van der Waals surface area contributed by atoms with Gasteiger partial charge in [-0.15, -0.1) is 0 Å². The Hall–Kier alpha value is -3.18. The van der Waals surface area contributed by atoms with E-state index >= 15 is 0 Å². The van der Waals surface area contributed by atoms with Crippen LogP contribution < -0.4 is 21.7 Å². The quantitative estimate of drug-likeness (QED) is 0.197. The van der Waals surface area contributed by atoms with Gasteiger partial charge in [-0.05, 0) is 36.5 Å². The zero-order chi connectivity index (χ0) is 26.9. The minimum Gasteiger partial charge on any atom is -0.508 e. The SMILES string of the molecule is CCC(C)C(NC(=O)C(NC(=O)C(N)C(C)O)C(C)C)C(=O)NC(Cc1ccc(O)cc1)C(=O)O. The lowest BCUT2D eigenvalue weighted by Crippen LogP contribution is -2.60. The van der Waals surface area contributed by atoms with E-state index in [0.717, 1.165) is 0 Å². The molecule has 1 aromatic rings. The molecule has 6 unspecified atom stereocenters. The van der Waals surface area contributed by atoms with Crippen LogP contribution in [0.25, 0.3) is 0 Å². The van der Waals surface area contributed by atoms with Crippen molar-refractivity contribution in [2.45, 2.75) is 77.7 Å². The average molecular weight is 495 g/mol. The number of aliphatic carboxylic acids is 1. The summed E-state index contributed by atoms with van der Waals surface area (Å²) < 4.78 is 0. The van der Waals surface area contributed by atoms with Crippen molar-refractivity contribution in [1.82, 2.24) is 16.0 Å². The lowest BCUT2D eigenvalue weighted by molar-refractivity contribution is -0.142. The smallest absolute Gasteiger partial charge is 0.326 e. The molecule has 0 aromatic heterocycles. The average Bonchev–Trinajstić information content (AvgIpc) is 2.79. The molecule has 0 aliphatic rings. The number of hydrogen-bond donors (Lipinski definition) is 7. The molecule has 0 saturated heterocycles. The van der Waals surface area contributed by atoms with Crippen LogP contribution in [0.4, 0.5) is 0 Å². The van der Waals surface area contributed by atoms with Gasteiger partial charge in [-0.3, -0.25) is 14.4 Å². The number of benzene rings is 1. The van der Waals surface area contributed by atoms with E-state index in [2.05, 4.69) is 16.0 Å². The van der Waals surface area contributed by atoms with Gasteiger partial charge in [0.25, 0.3) is 0 Å². The lowest BCUT2D eigenvalue weighted by Gasteiger charge is -2.29. The van der Waals surface area contributed by atoms with Crippen LogP contribution in [0, 0.1) is 11.8 Å². The molecule has 0 aliphatic carbocycles. The number of carboxylic acid groups (broad SMARTS) is 1. The number of carbonyl (C=O) groups is 4. The molecular formula is C24H38N4O7. The fourth-order valence-corrected chi connectivity index (χ4v) is 3.28. The van der Waals surface area contributed by atoms with Gasteiger partial charge >= 0.3 is 5.97 Å². The van der Waals surface area contributed by atoms with Gasteiger partial charge in [0.05, 0.1) is 6.10 Å². The number of carbonyl (C=O) groups excluding carboxylic acids is 3. The molecule has 0 radical (unpaired) electrons. The Morgan fingerprint density at radius 3 is 1.86 bits per heavy atom. The summed E-state index contributed by atoms with van der Waals surface area (Å²) in [6.45, 7) is 8.33. The summed E-state index contributed by atoms with van der Waals surface area (Å²) in [5.41, 5.74) is 6.25. The summed E-state index contributed by atoms with van der Waals surface area (Å²) in [6, 6.07) is 1.37. The zero-order valence-corrected chi connectivity index (χ0v) is 20.8. The van der Waals surface area contributed by atoms with Gasteiger partial charge < -0.3 is 37.0 Å². The molecule has 1 rings (SSSR count). The van der Waals surface area contributed by atoms with E-state index in [0.29, 0.717) is 12.0 Å². The minimum atomic E-state index is -1.26. The maximum atomic E-state index is 13.1. The summed E-state index contributed by atoms with van der Waals surface area (Å²) in [5, 5.41) is 36.2. The first-order valence-electron chi connectivity index (χ1n) is 11.6. The topological polar surface area (TPSA) is 191 Å². The van der Waals surface area contributed by atoms with Gasteiger partial charge in [-0.1, -0.05) is 46.2 Å². The summed E-state index contributed by atoms with van der Waals surface area (Å²) >= 11 is 0. The molecule has 0 bridgehead atoms. The van der Waals surface area contributed by atoms with Crippen LogP contribution in [0.3, 0.4) is 0 Å². The first-order chi connectivity index (χ1) is 16.3. The summed E-state index contributed by atoms with van der Waals surface area (Å²) in [5.74, 6) is -3.93. The highest BCUT2D eigenvalue weighted by molar-refractivity contribution is 5.94. The molecule has 196 valence electrons. The highest BCUT2D eigenvalue weighted by atomic mass is 16.4. The number of rotatable bonds is 13. The van der Waals surface area contributed by atoms with Crippen molar-refractivity contribution in [2.75, 3.05) is 0 Å². The largest absolute Gasteiger partial charge is 0.508 e. The molecule has 11 heteroatoms. The van der Waals surface area contributed by atoms with Crippen LogP contribution in [0.15, 0.2) is 24.3 Å². The molecule has 0 heterocycles. The van der Waals surface area contributed by atoms with E-state index in [1.807, 2.05) is 6.92 Å². The van der Waals surface area contributed by atoms with Crippen LogP contribution in [0.2, 0.25) is 0 Å². The number of nitrogens with two attached hydrogens (primary N) is 1. The molecule has 3 amide bonds. The Labute approximate surface area is 205 Å². The number of amides is 3. The van der Waals surface area contributed by atoms with Crippen molar-refractivity contribution in [2.24, 2.45) is 17.6 Å². The first-order valence-corrected chi connectivity index (χ1v) is 11.6. The second kappa shape index (κ2) is 13.6. The van der Waals surface area contributed by atoms with E-state index < -0.39 is 54.0 Å². The number of aliphatic hydroxyl groups excluding tert-OH is 1. The van der Waals surface area contributed by atoms with Crippen LogP contribution in [-0.2, 0) is 25.6 Å². The Kier molecular flexibility index (Phi) is 11.6. The highest BCUT2D eigenvalue weighted by Gasteiger charge is 2.34. The molecule has 0 aliphatic heterocycles. The lowest BCUT2D eigenvalue weighted by atomic mass is 9.95. The number of carboxylic acids is 1. The molecular weight excluding hydrogens is 456 g/mol. The van der Waals surface area contributed by atoms with E-state index in [9.17, 15) is 34.5 Å². The van der Waals surface area contributed by atoms with E-state index in [1.165, 1.54) is 19.1 Å². The summed E-state index contributed by atoms with van der Waals surface area (Å²) in [4.78, 5) is 50.2. The first kappa shape index (κ1) is 29.9. The number of phenolic OH excluding ortho intramolecular Hbond substituents is 1. The predicted molar refractivity (Wildman–Crippen MR) is 129 cm³/mol. The molecule has 0 saturated carbocycles. The van der Waals surface area contributed by atoms with Gasteiger partial charge in [0.1, 0.15) is 29.9 Å². The molecule has 0 spiro atoms. The number of hydrogen-bond acceptors (Lipinski definition) is 7. The minimum absolute atomic E-state index is 0.0234. The third-order valence-electron chi connectivity index (χ3n) is 5.85. The van der Waals surface area contributed by atoms with Gasteiger partial charge in [0, 0.05) is 6.42 Å². The standard InChI is InChI=1S/C24H38N4O7/c1-6-13(4)20(28-22(32)19(12(2)3)27-21(31)18(25)14(5)29)23(33)26-17(24(34)35)11-15-7-9-16(30)10-8-15/h7-10,12-14,17-20,29-30H,6,11,25H2,1-5H3,(H,26,33)(H,27,31)(H,28,32)(H,34,35).